The van der Waals surface area contributed by atoms with Crippen molar-refractivity contribution in [3.63, 3.8) is 0 Å². The maximum atomic E-state index is 5.43. The molecule has 0 aliphatic carbocycles. The third kappa shape index (κ3) is 3.57. The minimum absolute atomic E-state index is 0.625. The quantitative estimate of drug-likeness (QED) is 0.544. The Morgan fingerprint density at radius 1 is 0.893 bits per heavy atom. The van der Waals surface area contributed by atoms with Crippen LogP contribution < -0.4 is 14.8 Å². The summed E-state index contributed by atoms with van der Waals surface area (Å²) in [6.07, 6.45) is 3.57. The molecule has 4 aromatic rings. The van der Waals surface area contributed by atoms with Crippen LogP contribution in [0.3, 0.4) is 0 Å². The number of nitrogens with one attached hydrogen (secondary N) is 1. The van der Waals surface area contributed by atoms with Crippen LogP contribution in [0.1, 0.15) is 5.56 Å². The third-order valence-corrected chi connectivity index (χ3v) is 4.54. The number of nitrogens with zero attached hydrogens (tertiary/aromatic N) is 3. The topological polar surface area (TPSA) is 69.2 Å². The maximum Gasteiger partial charge on any atom is 0.162 e. The van der Waals surface area contributed by atoms with Gasteiger partial charge in [0, 0.05) is 35.3 Å². The van der Waals surface area contributed by atoms with Crippen LogP contribution in [-0.4, -0.2) is 29.4 Å². The Labute approximate surface area is 163 Å². The van der Waals surface area contributed by atoms with Gasteiger partial charge in [0.1, 0.15) is 5.82 Å². The van der Waals surface area contributed by atoms with Gasteiger partial charge in [0.2, 0.25) is 0 Å². The van der Waals surface area contributed by atoms with E-state index in [0.29, 0.717) is 11.5 Å². The van der Waals surface area contributed by atoms with E-state index in [2.05, 4.69) is 32.6 Å². The fraction of sp³-hybridized carbons (Fsp3) is 0.136. The SMILES string of the molecule is COc1cc2nncc(-c3ccc(NCc4ccccc4)nc3)c2cc1OC. The highest BCUT2D eigenvalue weighted by molar-refractivity contribution is 5.95. The molecule has 0 bridgehead atoms. The predicted molar refractivity (Wildman–Crippen MR) is 110 cm³/mol. The summed E-state index contributed by atoms with van der Waals surface area (Å²) in [5, 5.41) is 12.6. The molecule has 4 rings (SSSR count). The van der Waals surface area contributed by atoms with Crippen molar-refractivity contribution in [2.45, 2.75) is 6.54 Å². The molecule has 0 atom stereocenters. The molecule has 0 unspecified atom stereocenters. The van der Waals surface area contributed by atoms with Crippen molar-refractivity contribution in [2.24, 2.45) is 0 Å². The van der Waals surface area contributed by atoms with Crippen molar-refractivity contribution in [3.05, 3.63) is 72.6 Å². The lowest BCUT2D eigenvalue weighted by Gasteiger charge is -2.11. The number of anilines is 1. The molecule has 0 saturated heterocycles. The van der Waals surface area contributed by atoms with Gasteiger partial charge < -0.3 is 14.8 Å². The minimum Gasteiger partial charge on any atom is -0.493 e. The normalized spacial score (nSPS) is 10.6. The number of hydrogen-bond acceptors (Lipinski definition) is 6. The Morgan fingerprint density at radius 3 is 2.39 bits per heavy atom. The summed E-state index contributed by atoms with van der Waals surface area (Å²) in [4.78, 5) is 4.54. The summed E-state index contributed by atoms with van der Waals surface area (Å²) < 4.78 is 10.8. The van der Waals surface area contributed by atoms with E-state index in [4.69, 9.17) is 9.47 Å². The monoisotopic (exact) mass is 372 g/mol. The van der Waals surface area contributed by atoms with Crippen LogP contribution in [0, 0.1) is 0 Å². The number of aromatic nitrogens is 3. The number of hydrogen-bond donors (Lipinski definition) is 1. The third-order valence-electron chi connectivity index (χ3n) is 4.54. The zero-order chi connectivity index (χ0) is 19.3. The standard InChI is InChI=1S/C22H20N4O2/c1-27-20-10-17-18(14-25-26-19(17)11-21(20)28-2)16-8-9-22(24-13-16)23-12-15-6-4-3-5-7-15/h3-11,13-14H,12H2,1-2H3,(H,23,24). The summed E-state index contributed by atoms with van der Waals surface area (Å²) in [7, 11) is 3.22. The second-order valence-corrected chi connectivity index (χ2v) is 6.25. The maximum absolute atomic E-state index is 5.43. The molecular weight excluding hydrogens is 352 g/mol. The Bertz CT molecular complexity index is 1080. The largest absolute Gasteiger partial charge is 0.493 e. The molecule has 2 heterocycles. The first-order valence-corrected chi connectivity index (χ1v) is 8.90. The summed E-state index contributed by atoms with van der Waals surface area (Å²) in [6.45, 7) is 0.726. The van der Waals surface area contributed by atoms with E-state index in [0.717, 1.165) is 34.4 Å². The molecule has 1 N–H and O–H groups in total. The van der Waals surface area contributed by atoms with E-state index >= 15 is 0 Å². The van der Waals surface area contributed by atoms with Crippen LogP contribution >= 0.6 is 0 Å². The van der Waals surface area contributed by atoms with Gasteiger partial charge in [-0.3, -0.25) is 0 Å². The zero-order valence-electron chi connectivity index (χ0n) is 15.7. The lowest BCUT2D eigenvalue weighted by molar-refractivity contribution is 0.356. The summed E-state index contributed by atoms with van der Waals surface area (Å²) >= 11 is 0. The van der Waals surface area contributed by atoms with Crippen LogP contribution in [-0.2, 0) is 6.54 Å². The average Bonchev–Trinajstić information content (AvgIpc) is 2.77. The van der Waals surface area contributed by atoms with Gasteiger partial charge in [-0.05, 0) is 23.8 Å². The van der Waals surface area contributed by atoms with E-state index < -0.39 is 0 Å². The van der Waals surface area contributed by atoms with E-state index in [9.17, 15) is 0 Å². The van der Waals surface area contributed by atoms with Crippen LogP contribution in [0.25, 0.3) is 22.0 Å². The number of ether oxygens (including phenoxy) is 2. The Hall–Kier alpha value is -3.67. The molecule has 6 heteroatoms. The van der Waals surface area contributed by atoms with Crippen molar-refractivity contribution in [3.8, 4) is 22.6 Å². The minimum atomic E-state index is 0.625. The Morgan fingerprint density at radius 2 is 1.68 bits per heavy atom. The van der Waals surface area contributed by atoms with Crippen LogP contribution in [0.5, 0.6) is 11.5 Å². The van der Waals surface area contributed by atoms with Gasteiger partial charge in [-0.1, -0.05) is 30.3 Å². The van der Waals surface area contributed by atoms with Gasteiger partial charge >= 0.3 is 0 Å². The highest BCUT2D eigenvalue weighted by atomic mass is 16.5. The zero-order valence-corrected chi connectivity index (χ0v) is 15.7. The number of rotatable bonds is 6. The summed E-state index contributed by atoms with van der Waals surface area (Å²) in [5.74, 6) is 2.09. The molecule has 0 aliphatic rings. The van der Waals surface area contributed by atoms with Gasteiger partial charge in [0.05, 0.1) is 25.9 Å². The van der Waals surface area contributed by atoms with Gasteiger partial charge in [-0.15, -0.1) is 0 Å². The highest BCUT2D eigenvalue weighted by Crippen LogP contribution is 2.35. The molecule has 0 saturated carbocycles. The number of benzene rings is 2. The molecule has 0 spiro atoms. The van der Waals surface area contributed by atoms with Crippen molar-refractivity contribution >= 4 is 16.7 Å². The van der Waals surface area contributed by atoms with E-state index in [1.807, 2.05) is 48.7 Å². The highest BCUT2D eigenvalue weighted by Gasteiger charge is 2.12. The van der Waals surface area contributed by atoms with Gasteiger partial charge in [0.25, 0.3) is 0 Å². The smallest absolute Gasteiger partial charge is 0.162 e. The number of methoxy groups -OCH3 is 2. The second kappa shape index (κ2) is 7.92. The summed E-state index contributed by atoms with van der Waals surface area (Å²) in [5.41, 5.74) is 3.84. The molecule has 0 fully saturated rings. The molecule has 0 amide bonds. The lowest BCUT2D eigenvalue weighted by atomic mass is 10.0. The van der Waals surface area contributed by atoms with E-state index in [1.165, 1.54) is 5.56 Å². The second-order valence-electron chi connectivity index (χ2n) is 6.25. The molecule has 6 nitrogen and oxygen atoms in total. The number of pyridine rings is 1. The first kappa shape index (κ1) is 17.7. The Balaban J connectivity index is 1.62. The fourth-order valence-corrected chi connectivity index (χ4v) is 3.06. The molecular formula is C22H20N4O2. The van der Waals surface area contributed by atoms with E-state index in [1.54, 1.807) is 20.4 Å². The van der Waals surface area contributed by atoms with Crippen LogP contribution in [0.15, 0.2) is 67.0 Å². The molecule has 2 aromatic carbocycles. The van der Waals surface area contributed by atoms with Gasteiger partial charge in [-0.25, -0.2) is 4.98 Å². The van der Waals surface area contributed by atoms with Crippen molar-refractivity contribution in [1.29, 1.82) is 0 Å². The molecule has 0 radical (unpaired) electrons. The van der Waals surface area contributed by atoms with Crippen LogP contribution in [0.2, 0.25) is 0 Å². The summed E-state index contributed by atoms with van der Waals surface area (Å²) in [6, 6.07) is 18.0. The average molecular weight is 372 g/mol. The fourth-order valence-electron chi connectivity index (χ4n) is 3.06. The molecule has 140 valence electrons. The van der Waals surface area contributed by atoms with Crippen molar-refractivity contribution < 1.29 is 9.47 Å². The first-order valence-electron chi connectivity index (χ1n) is 8.90. The van der Waals surface area contributed by atoms with Crippen LogP contribution in [0.4, 0.5) is 5.82 Å². The van der Waals surface area contributed by atoms with Gasteiger partial charge in [-0.2, -0.15) is 10.2 Å². The predicted octanol–water partition coefficient (Wildman–Crippen LogP) is 4.32. The number of fused-ring (bicyclic) bond motifs is 1. The van der Waals surface area contributed by atoms with Crippen molar-refractivity contribution in [1.82, 2.24) is 15.2 Å². The van der Waals surface area contributed by atoms with E-state index in [-0.39, 0.29) is 0 Å². The van der Waals surface area contributed by atoms with Crippen molar-refractivity contribution in [2.75, 3.05) is 19.5 Å². The molecule has 28 heavy (non-hydrogen) atoms. The molecule has 2 aromatic heterocycles. The lowest BCUT2D eigenvalue weighted by Crippen LogP contribution is -2.01. The Kier molecular flexibility index (Phi) is 5.01. The first-order chi connectivity index (χ1) is 13.8. The molecule has 0 aliphatic heterocycles. The van der Waals surface area contributed by atoms with Gasteiger partial charge in [0.15, 0.2) is 11.5 Å².